The molecule has 6 heteroatoms. The third-order valence-corrected chi connectivity index (χ3v) is 2.96. The molecule has 1 aromatic rings. The molecule has 19 heavy (non-hydrogen) atoms. The van der Waals surface area contributed by atoms with Crippen LogP contribution in [0, 0.1) is 0 Å². The zero-order valence-electron chi connectivity index (χ0n) is 11.8. The Bertz CT molecular complexity index is 425. The molecule has 1 aliphatic rings. The molecule has 2 rings (SSSR count). The maximum Gasteiger partial charge on any atom is 0.218 e. The van der Waals surface area contributed by atoms with Gasteiger partial charge in [-0.2, -0.15) is 4.98 Å². The van der Waals surface area contributed by atoms with Gasteiger partial charge < -0.3 is 14.9 Å². The van der Waals surface area contributed by atoms with Gasteiger partial charge in [0.1, 0.15) is 18.2 Å². The predicted octanol–water partition coefficient (Wildman–Crippen LogP) is 1.62. The van der Waals surface area contributed by atoms with Crippen LogP contribution >= 0.6 is 0 Å². The fourth-order valence-corrected chi connectivity index (χ4v) is 1.86. The van der Waals surface area contributed by atoms with Crippen molar-refractivity contribution in [3.05, 3.63) is 11.9 Å². The number of rotatable bonds is 4. The molecule has 0 bridgehead atoms. The monoisotopic (exact) mass is 266 g/mol. The molecule has 3 N–H and O–H groups in total. The van der Waals surface area contributed by atoms with E-state index in [1.165, 1.54) is 0 Å². The van der Waals surface area contributed by atoms with E-state index in [-0.39, 0.29) is 11.5 Å². The lowest BCUT2D eigenvalue weighted by atomic mass is 9.96. The number of aromatic nitrogens is 2. The largest absolute Gasteiger partial charge is 0.475 e. The second-order valence-electron chi connectivity index (χ2n) is 5.76. The van der Waals surface area contributed by atoms with Crippen LogP contribution in [0.4, 0.5) is 5.82 Å². The normalized spacial score (nSPS) is 19.5. The lowest BCUT2D eigenvalue weighted by molar-refractivity contribution is 0.0661. The van der Waals surface area contributed by atoms with Gasteiger partial charge in [-0.1, -0.05) is 20.8 Å². The Morgan fingerprint density at radius 1 is 1.47 bits per heavy atom. The highest BCUT2D eigenvalue weighted by Crippen LogP contribution is 2.23. The second-order valence-corrected chi connectivity index (χ2v) is 5.76. The van der Waals surface area contributed by atoms with E-state index in [1.807, 2.05) is 20.8 Å². The first-order chi connectivity index (χ1) is 8.99. The van der Waals surface area contributed by atoms with Crippen LogP contribution in [0.1, 0.15) is 39.4 Å². The van der Waals surface area contributed by atoms with Gasteiger partial charge in [0, 0.05) is 18.1 Å². The molecule has 0 aliphatic carbocycles. The smallest absolute Gasteiger partial charge is 0.218 e. The van der Waals surface area contributed by atoms with E-state index in [2.05, 4.69) is 15.4 Å². The molecule has 0 radical (unpaired) electrons. The van der Waals surface area contributed by atoms with Crippen LogP contribution in [0.3, 0.4) is 0 Å². The van der Waals surface area contributed by atoms with Crippen molar-refractivity contribution in [1.29, 1.82) is 0 Å². The average Bonchev–Trinajstić information content (AvgIpc) is 2.88. The molecule has 6 nitrogen and oxygen atoms in total. The number of anilines is 1. The number of ether oxygens (including phenoxy) is 2. The minimum absolute atomic E-state index is 0.158. The van der Waals surface area contributed by atoms with Crippen molar-refractivity contribution >= 4 is 5.82 Å². The summed E-state index contributed by atoms with van der Waals surface area (Å²) in [6.45, 7) is 7.48. The highest BCUT2D eigenvalue weighted by atomic mass is 16.5. The highest BCUT2D eigenvalue weighted by molar-refractivity contribution is 5.37. The van der Waals surface area contributed by atoms with Gasteiger partial charge >= 0.3 is 0 Å². The lowest BCUT2D eigenvalue weighted by Gasteiger charge is -2.19. The number of hydrogen-bond acceptors (Lipinski definition) is 6. The van der Waals surface area contributed by atoms with Crippen LogP contribution in [-0.2, 0) is 10.2 Å². The maximum absolute atomic E-state index is 5.70. The molecule has 1 aliphatic heterocycles. The summed E-state index contributed by atoms with van der Waals surface area (Å²) in [5.41, 5.74) is 2.39. The van der Waals surface area contributed by atoms with Crippen molar-refractivity contribution in [3.8, 4) is 5.88 Å². The van der Waals surface area contributed by atoms with E-state index in [9.17, 15) is 0 Å². The Morgan fingerprint density at radius 2 is 2.26 bits per heavy atom. The fourth-order valence-electron chi connectivity index (χ4n) is 1.86. The zero-order chi connectivity index (χ0) is 13.9. The van der Waals surface area contributed by atoms with E-state index in [0.29, 0.717) is 24.1 Å². The topological polar surface area (TPSA) is 82.3 Å². The first kappa shape index (κ1) is 14.0. The molecule has 2 heterocycles. The molecular formula is C13H22N4O2. The fraction of sp³-hybridized carbons (Fsp3) is 0.692. The SMILES string of the molecule is CC(C)(C)c1nc(NN)cc(OCC2CCCO2)n1. The summed E-state index contributed by atoms with van der Waals surface area (Å²) >= 11 is 0. The minimum Gasteiger partial charge on any atom is -0.475 e. The van der Waals surface area contributed by atoms with Gasteiger partial charge in [-0.15, -0.1) is 0 Å². The Hall–Kier alpha value is -1.40. The third kappa shape index (κ3) is 3.78. The van der Waals surface area contributed by atoms with Gasteiger partial charge in [0.15, 0.2) is 0 Å². The average molecular weight is 266 g/mol. The molecule has 1 saturated heterocycles. The first-order valence-electron chi connectivity index (χ1n) is 6.59. The number of hydrazine groups is 1. The van der Waals surface area contributed by atoms with E-state index < -0.39 is 0 Å². The quantitative estimate of drug-likeness (QED) is 0.636. The number of nitrogens with two attached hydrogens (primary N) is 1. The van der Waals surface area contributed by atoms with Crippen molar-refractivity contribution in [2.75, 3.05) is 18.6 Å². The van der Waals surface area contributed by atoms with Gasteiger partial charge in [0.05, 0.1) is 6.10 Å². The summed E-state index contributed by atoms with van der Waals surface area (Å²) in [4.78, 5) is 8.77. The van der Waals surface area contributed by atoms with Crippen LogP contribution in [-0.4, -0.2) is 29.3 Å². The number of nitrogen functional groups attached to an aromatic ring is 1. The second kappa shape index (κ2) is 5.71. The van der Waals surface area contributed by atoms with Crippen molar-refractivity contribution in [3.63, 3.8) is 0 Å². The van der Waals surface area contributed by atoms with Crippen LogP contribution in [0.2, 0.25) is 0 Å². The molecule has 1 atom stereocenters. The number of hydrogen-bond donors (Lipinski definition) is 2. The Labute approximate surface area is 113 Å². The summed E-state index contributed by atoms with van der Waals surface area (Å²) in [5.74, 6) is 7.22. The summed E-state index contributed by atoms with van der Waals surface area (Å²) < 4.78 is 11.2. The molecule has 1 aromatic heterocycles. The summed E-state index contributed by atoms with van der Waals surface area (Å²) in [7, 11) is 0. The standard InChI is InChI=1S/C13H22N4O2/c1-13(2,3)12-15-10(17-14)7-11(16-12)19-8-9-5-4-6-18-9/h7,9H,4-6,8,14H2,1-3H3,(H,15,16,17). The van der Waals surface area contributed by atoms with Crippen LogP contribution in [0.25, 0.3) is 0 Å². The Morgan fingerprint density at radius 3 is 2.84 bits per heavy atom. The van der Waals surface area contributed by atoms with Crippen molar-refractivity contribution in [2.24, 2.45) is 5.84 Å². The van der Waals surface area contributed by atoms with Crippen LogP contribution in [0.15, 0.2) is 6.07 Å². The van der Waals surface area contributed by atoms with Crippen LogP contribution in [0.5, 0.6) is 5.88 Å². The van der Waals surface area contributed by atoms with Gasteiger partial charge in [-0.3, -0.25) is 0 Å². The molecule has 0 amide bonds. The molecule has 106 valence electrons. The summed E-state index contributed by atoms with van der Waals surface area (Å²) in [6, 6.07) is 1.70. The molecule has 0 spiro atoms. The van der Waals surface area contributed by atoms with E-state index >= 15 is 0 Å². The maximum atomic E-state index is 5.70. The molecule has 0 aromatic carbocycles. The summed E-state index contributed by atoms with van der Waals surface area (Å²) in [6.07, 6.45) is 2.31. The van der Waals surface area contributed by atoms with E-state index in [0.717, 1.165) is 19.4 Å². The predicted molar refractivity (Wildman–Crippen MR) is 73.0 cm³/mol. The van der Waals surface area contributed by atoms with Crippen molar-refractivity contribution in [1.82, 2.24) is 9.97 Å². The summed E-state index contributed by atoms with van der Waals surface area (Å²) in [5, 5.41) is 0. The zero-order valence-corrected chi connectivity index (χ0v) is 11.8. The molecule has 1 unspecified atom stereocenters. The van der Waals surface area contributed by atoms with Gasteiger partial charge in [0.25, 0.3) is 0 Å². The van der Waals surface area contributed by atoms with Gasteiger partial charge in [-0.05, 0) is 12.8 Å². The Balaban J connectivity index is 2.10. The minimum atomic E-state index is -0.158. The van der Waals surface area contributed by atoms with E-state index in [1.54, 1.807) is 6.07 Å². The highest BCUT2D eigenvalue weighted by Gasteiger charge is 2.21. The van der Waals surface area contributed by atoms with Gasteiger partial charge in [0.2, 0.25) is 5.88 Å². The number of nitrogens with zero attached hydrogens (tertiary/aromatic N) is 2. The van der Waals surface area contributed by atoms with E-state index in [4.69, 9.17) is 15.3 Å². The third-order valence-electron chi connectivity index (χ3n) is 2.96. The first-order valence-corrected chi connectivity index (χ1v) is 6.59. The lowest BCUT2D eigenvalue weighted by Crippen LogP contribution is -2.21. The van der Waals surface area contributed by atoms with Crippen molar-refractivity contribution < 1.29 is 9.47 Å². The van der Waals surface area contributed by atoms with Crippen LogP contribution < -0.4 is 16.0 Å². The van der Waals surface area contributed by atoms with Crippen molar-refractivity contribution in [2.45, 2.75) is 45.1 Å². The molecule has 1 fully saturated rings. The molecule has 0 saturated carbocycles. The Kier molecular flexibility index (Phi) is 4.21. The molecular weight excluding hydrogens is 244 g/mol. The number of nitrogens with one attached hydrogen (secondary N) is 1. The van der Waals surface area contributed by atoms with Gasteiger partial charge in [-0.25, -0.2) is 10.8 Å².